The molecule has 0 saturated heterocycles. The molecular formula is C8H9S2. The first-order valence-corrected chi connectivity index (χ1v) is 4.84. The second-order valence-electron chi connectivity index (χ2n) is 1.98. The van der Waals surface area contributed by atoms with Crippen LogP contribution in [0.25, 0.3) is 0 Å². The van der Waals surface area contributed by atoms with Gasteiger partial charge in [0, 0.05) is 0 Å². The lowest BCUT2D eigenvalue weighted by atomic mass is 10.2. The van der Waals surface area contributed by atoms with Gasteiger partial charge in [0.25, 0.3) is 0 Å². The highest BCUT2D eigenvalue weighted by atomic mass is 32.2. The summed E-state index contributed by atoms with van der Waals surface area (Å²) in [7, 11) is 0. The summed E-state index contributed by atoms with van der Waals surface area (Å²) in [5, 5.41) is 0. The van der Waals surface area contributed by atoms with Crippen LogP contribution in [0, 0.1) is 0 Å². The number of benzene rings is 1. The van der Waals surface area contributed by atoms with Gasteiger partial charge in [-0.1, -0.05) is 43.0 Å². The van der Waals surface area contributed by atoms with Gasteiger partial charge in [0.1, 0.15) is 0 Å². The van der Waals surface area contributed by atoms with Crippen molar-refractivity contribution in [2.24, 2.45) is 0 Å². The van der Waals surface area contributed by atoms with Crippen LogP contribution in [-0.2, 0) is 0 Å². The van der Waals surface area contributed by atoms with Crippen molar-refractivity contribution in [1.82, 2.24) is 0 Å². The Hall–Kier alpha value is -0.0800. The first-order chi connectivity index (χ1) is 4.84. The van der Waals surface area contributed by atoms with Crippen LogP contribution >= 0.6 is 24.4 Å². The lowest BCUT2D eigenvalue weighted by molar-refractivity contribution is 1.39. The molecule has 0 aliphatic heterocycles. The summed E-state index contributed by atoms with van der Waals surface area (Å²) in [6.07, 6.45) is 2.03. The lowest BCUT2D eigenvalue weighted by Gasteiger charge is -2.04. The minimum atomic E-state index is 0.209. The molecule has 0 heterocycles. The first kappa shape index (κ1) is 8.02. The zero-order chi connectivity index (χ0) is 7.40. The third-order valence-corrected chi connectivity index (χ3v) is 2.84. The van der Waals surface area contributed by atoms with Gasteiger partial charge in [-0.3, -0.25) is 0 Å². The van der Waals surface area contributed by atoms with E-state index in [1.807, 2.05) is 24.5 Å². The fraction of sp³-hybridized carbons (Fsp3) is 0.250. The number of hydrogen-bond acceptors (Lipinski definition) is 1. The predicted molar refractivity (Wildman–Crippen MR) is 50.3 cm³/mol. The van der Waals surface area contributed by atoms with Gasteiger partial charge in [0.2, 0.25) is 0 Å². The average Bonchev–Trinajstić information content (AvgIpc) is 2.05. The molecule has 0 aromatic heterocycles. The molecule has 53 valence electrons. The summed E-state index contributed by atoms with van der Waals surface area (Å²) >= 11 is 6.86. The second kappa shape index (κ2) is 3.94. The van der Waals surface area contributed by atoms with E-state index < -0.39 is 0 Å². The summed E-state index contributed by atoms with van der Waals surface area (Å²) in [6, 6.07) is 10.2. The van der Waals surface area contributed by atoms with Crippen LogP contribution in [0.2, 0.25) is 0 Å². The van der Waals surface area contributed by atoms with Crippen molar-refractivity contribution >= 4 is 24.4 Å². The molecule has 0 N–H and O–H groups in total. The molecule has 1 aromatic carbocycles. The topological polar surface area (TPSA) is 0 Å². The van der Waals surface area contributed by atoms with E-state index in [4.69, 9.17) is 12.6 Å². The Morgan fingerprint density at radius 3 is 2.40 bits per heavy atom. The van der Waals surface area contributed by atoms with Gasteiger partial charge in [-0.25, -0.2) is 0 Å². The van der Waals surface area contributed by atoms with E-state index in [0.29, 0.717) is 0 Å². The molecule has 1 rings (SSSR count). The summed E-state index contributed by atoms with van der Waals surface area (Å²) in [6.45, 7) is 0. The Labute approximate surface area is 71.4 Å². The smallest absolute Gasteiger partial charge is 0.0852 e. The molecule has 0 bridgehead atoms. The van der Waals surface area contributed by atoms with Crippen LogP contribution in [0.4, 0.5) is 0 Å². The average molecular weight is 169 g/mol. The molecular weight excluding hydrogens is 160 g/mol. The third-order valence-electron chi connectivity index (χ3n) is 1.29. The zero-order valence-corrected chi connectivity index (χ0v) is 7.41. The van der Waals surface area contributed by atoms with E-state index in [-0.39, 0.29) is 4.58 Å². The van der Waals surface area contributed by atoms with Crippen molar-refractivity contribution in [2.45, 2.75) is 4.58 Å². The van der Waals surface area contributed by atoms with Gasteiger partial charge in [-0.05, 0) is 11.8 Å². The van der Waals surface area contributed by atoms with E-state index in [9.17, 15) is 0 Å². The van der Waals surface area contributed by atoms with E-state index >= 15 is 0 Å². The summed E-state index contributed by atoms with van der Waals surface area (Å²) in [5.41, 5.74) is 1.23. The van der Waals surface area contributed by atoms with Crippen molar-refractivity contribution in [3.63, 3.8) is 0 Å². The quantitative estimate of drug-likeness (QED) is 0.655. The highest BCUT2D eigenvalue weighted by Gasteiger charge is 2.01. The fourth-order valence-electron chi connectivity index (χ4n) is 0.746. The highest BCUT2D eigenvalue weighted by Crippen LogP contribution is 2.29. The van der Waals surface area contributed by atoms with E-state index in [1.54, 1.807) is 11.8 Å². The van der Waals surface area contributed by atoms with Crippen LogP contribution in [0.5, 0.6) is 0 Å². The summed E-state index contributed by atoms with van der Waals surface area (Å²) in [5.74, 6) is 0. The molecule has 0 aliphatic rings. The lowest BCUT2D eigenvalue weighted by Crippen LogP contribution is -1.81. The predicted octanol–water partition coefficient (Wildman–Crippen LogP) is 3.25. The summed E-state index contributed by atoms with van der Waals surface area (Å²) < 4.78 is 0.209. The standard InChI is InChI=1S/C8H9S2/c1-10-8(9)7-5-3-2-4-6-7/h2-6,8H,1H3. The molecule has 0 amide bonds. The van der Waals surface area contributed by atoms with Gasteiger partial charge in [0.15, 0.2) is 0 Å². The number of hydrogen-bond donors (Lipinski definition) is 0. The molecule has 0 nitrogen and oxygen atoms in total. The minimum absolute atomic E-state index is 0.209. The Bertz CT molecular complexity index is 184. The maximum Gasteiger partial charge on any atom is 0.0852 e. The maximum atomic E-state index is 5.17. The van der Waals surface area contributed by atoms with Gasteiger partial charge in [-0.2, -0.15) is 0 Å². The molecule has 0 spiro atoms. The highest BCUT2D eigenvalue weighted by molar-refractivity contribution is 8.09. The van der Waals surface area contributed by atoms with Crippen LogP contribution in [-0.4, -0.2) is 6.26 Å². The Balaban J connectivity index is 2.75. The van der Waals surface area contributed by atoms with Crippen molar-refractivity contribution in [1.29, 1.82) is 0 Å². The molecule has 0 aliphatic carbocycles. The van der Waals surface area contributed by atoms with Gasteiger partial charge in [-0.15, -0.1) is 11.8 Å². The fourth-order valence-corrected chi connectivity index (χ4v) is 1.33. The van der Waals surface area contributed by atoms with Crippen molar-refractivity contribution in [2.75, 3.05) is 6.26 Å². The number of rotatable bonds is 2. The molecule has 0 fully saturated rings. The molecule has 1 atom stereocenters. The molecule has 1 radical (unpaired) electrons. The Kier molecular flexibility index (Phi) is 3.16. The van der Waals surface area contributed by atoms with E-state index in [1.165, 1.54) is 5.56 Å². The second-order valence-corrected chi connectivity index (χ2v) is 3.69. The molecule has 0 saturated carbocycles. The summed E-state index contributed by atoms with van der Waals surface area (Å²) in [4.78, 5) is 0. The monoisotopic (exact) mass is 169 g/mol. The largest absolute Gasteiger partial charge is 0.145 e. The van der Waals surface area contributed by atoms with Crippen LogP contribution in [0.1, 0.15) is 10.1 Å². The van der Waals surface area contributed by atoms with E-state index in [0.717, 1.165) is 0 Å². The molecule has 1 unspecified atom stereocenters. The third kappa shape index (κ3) is 1.96. The Morgan fingerprint density at radius 1 is 1.30 bits per heavy atom. The molecule has 10 heavy (non-hydrogen) atoms. The van der Waals surface area contributed by atoms with Crippen LogP contribution in [0.15, 0.2) is 30.3 Å². The first-order valence-electron chi connectivity index (χ1n) is 3.08. The number of thioether (sulfide) groups is 1. The van der Waals surface area contributed by atoms with Crippen LogP contribution in [0.3, 0.4) is 0 Å². The van der Waals surface area contributed by atoms with Crippen molar-refractivity contribution < 1.29 is 0 Å². The SMILES string of the molecule is CSC([S])c1ccccc1. The van der Waals surface area contributed by atoms with Crippen molar-refractivity contribution in [3.8, 4) is 0 Å². The molecule has 2 heteroatoms. The van der Waals surface area contributed by atoms with Gasteiger partial charge in [0.05, 0.1) is 4.58 Å². The Morgan fingerprint density at radius 2 is 1.90 bits per heavy atom. The normalized spacial score (nSPS) is 13.0. The zero-order valence-electron chi connectivity index (χ0n) is 5.78. The van der Waals surface area contributed by atoms with Gasteiger partial charge < -0.3 is 0 Å². The van der Waals surface area contributed by atoms with Gasteiger partial charge >= 0.3 is 0 Å². The van der Waals surface area contributed by atoms with E-state index in [2.05, 4.69) is 12.1 Å². The van der Waals surface area contributed by atoms with Crippen molar-refractivity contribution in [3.05, 3.63) is 35.9 Å². The minimum Gasteiger partial charge on any atom is -0.145 e. The van der Waals surface area contributed by atoms with Crippen LogP contribution < -0.4 is 0 Å². The molecule has 1 aromatic rings. The maximum absolute atomic E-state index is 5.17.